The summed E-state index contributed by atoms with van der Waals surface area (Å²) >= 11 is 3.63. The van der Waals surface area contributed by atoms with Crippen molar-refractivity contribution in [3.05, 3.63) is 28.2 Å². The highest BCUT2D eigenvalue weighted by Gasteiger charge is 2.13. The molecule has 0 aliphatic heterocycles. The predicted octanol–water partition coefficient (Wildman–Crippen LogP) is 4.69. The molecule has 0 fully saturated rings. The van der Waals surface area contributed by atoms with Gasteiger partial charge in [-0.3, -0.25) is 0 Å². The van der Waals surface area contributed by atoms with Gasteiger partial charge in [-0.25, -0.2) is 0 Å². The lowest BCUT2D eigenvalue weighted by atomic mass is 10.00. The third kappa shape index (κ3) is 4.62. The number of hydrogen-bond acceptors (Lipinski definition) is 2. The van der Waals surface area contributed by atoms with Crippen LogP contribution in [0.5, 0.6) is 5.75 Å². The lowest BCUT2D eigenvalue weighted by molar-refractivity contribution is 0.412. The van der Waals surface area contributed by atoms with E-state index in [9.17, 15) is 0 Å². The molecule has 1 N–H and O–H groups in total. The van der Waals surface area contributed by atoms with Crippen LogP contribution < -0.4 is 10.1 Å². The maximum Gasteiger partial charge on any atom is 0.119 e. The van der Waals surface area contributed by atoms with E-state index in [-0.39, 0.29) is 0 Å². The largest absolute Gasteiger partial charge is 0.497 e. The molecular formula is C15H24BrNO. The number of unbranched alkanes of at least 4 members (excludes halogenated alkanes) is 3. The lowest BCUT2D eigenvalue weighted by Crippen LogP contribution is -2.16. The van der Waals surface area contributed by atoms with Gasteiger partial charge in [0, 0.05) is 10.5 Å². The summed E-state index contributed by atoms with van der Waals surface area (Å²) in [6.45, 7) is 2.24. The molecule has 18 heavy (non-hydrogen) atoms. The Bertz CT molecular complexity index is 354. The number of halogens is 1. The van der Waals surface area contributed by atoms with E-state index < -0.39 is 0 Å². The summed E-state index contributed by atoms with van der Waals surface area (Å²) in [5.41, 5.74) is 1.29. The SMILES string of the molecule is CCCCCCC(NC)c1cc(OC)ccc1Br. The quantitative estimate of drug-likeness (QED) is 0.703. The normalized spacial score (nSPS) is 12.4. The van der Waals surface area contributed by atoms with Crippen LogP contribution in [-0.4, -0.2) is 14.2 Å². The average molecular weight is 314 g/mol. The second kappa shape index (κ2) is 8.54. The fourth-order valence-electron chi connectivity index (χ4n) is 2.15. The molecule has 0 saturated carbocycles. The number of methoxy groups -OCH3 is 1. The highest BCUT2D eigenvalue weighted by Crippen LogP contribution is 2.30. The zero-order valence-corrected chi connectivity index (χ0v) is 13.2. The van der Waals surface area contributed by atoms with Gasteiger partial charge >= 0.3 is 0 Å². The smallest absolute Gasteiger partial charge is 0.119 e. The second-order valence-corrected chi connectivity index (χ2v) is 5.43. The van der Waals surface area contributed by atoms with Crippen LogP contribution in [0, 0.1) is 0 Å². The Morgan fingerprint density at radius 3 is 2.67 bits per heavy atom. The van der Waals surface area contributed by atoms with E-state index in [0.29, 0.717) is 6.04 Å². The minimum Gasteiger partial charge on any atom is -0.497 e. The zero-order chi connectivity index (χ0) is 13.4. The number of rotatable bonds is 8. The molecule has 2 nitrogen and oxygen atoms in total. The molecule has 0 saturated heterocycles. The molecule has 0 aromatic heterocycles. The monoisotopic (exact) mass is 313 g/mol. The third-order valence-electron chi connectivity index (χ3n) is 3.27. The molecule has 0 aliphatic carbocycles. The molecule has 1 unspecified atom stereocenters. The van der Waals surface area contributed by atoms with Gasteiger partial charge in [0.2, 0.25) is 0 Å². The highest BCUT2D eigenvalue weighted by molar-refractivity contribution is 9.10. The Morgan fingerprint density at radius 1 is 1.28 bits per heavy atom. The van der Waals surface area contributed by atoms with Crippen LogP contribution in [0.2, 0.25) is 0 Å². The van der Waals surface area contributed by atoms with Crippen molar-refractivity contribution in [1.29, 1.82) is 0 Å². The van der Waals surface area contributed by atoms with E-state index in [2.05, 4.69) is 40.3 Å². The van der Waals surface area contributed by atoms with E-state index in [1.54, 1.807) is 7.11 Å². The molecule has 102 valence electrons. The van der Waals surface area contributed by atoms with E-state index in [1.807, 2.05) is 13.1 Å². The third-order valence-corrected chi connectivity index (χ3v) is 4.00. The number of benzene rings is 1. The minimum atomic E-state index is 0.395. The van der Waals surface area contributed by atoms with Gasteiger partial charge < -0.3 is 10.1 Å². The molecule has 0 spiro atoms. The second-order valence-electron chi connectivity index (χ2n) is 4.58. The van der Waals surface area contributed by atoms with Gasteiger partial charge in [-0.15, -0.1) is 0 Å². The molecule has 0 bridgehead atoms. The Hall–Kier alpha value is -0.540. The molecule has 1 aromatic carbocycles. The van der Waals surface area contributed by atoms with Crippen molar-refractivity contribution in [2.75, 3.05) is 14.2 Å². The summed E-state index contributed by atoms with van der Waals surface area (Å²) in [4.78, 5) is 0. The van der Waals surface area contributed by atoms with E-state index >= 15 is 0 Å². The van der Waals surface area contributed by atoms with Crippen LogP contribution >= 0.6 is 15.9 Å². The first-order valence-corrected chi connectivity index (χ1v) is 7.53. The van der Waals surface area contributed by atoms with Crippen molar-refractivity contribution >= 4 is 15.9 Å². The average Bonchev–Trinajstić information content (AvgIpc) is 2.40. The molecule has 1 rings (SSSR count). The topological polar surface area (TPSA) is 21.3 Å². The Morgan fingerprint density at radius 2 is 2.06 bits per heavy atom. The van der Waals surface area contributed by atoms with Crippen LogP contribution in [0.15, 0.2) is 22.7 Å². The molecule has 0 radical (unpaired) electrons. The van der Waals surface area contributed by atoms with Crippen molar-refractivity contribution in [2.45, 2.75) is 45.1 Å². The van der Waals surface area contributed by atoms with E-state index in [4.69, 9.17) is 4.74 Å². The summed E-state index contributed by atoms with van der Waals surface area (Å²) in [5.74, 6) is 0.919. The van der Waals surface area contributed by atoms with Crippen molar-refractivity contribution in [2.24, 2.45) is 0 Å². The standard InChI is InChI=1S/C15H24BrNO/c1-4-5-6-7-8-15(17-2)13-11-12(18-3)9-10-14(13)16/h9-11,15,17H,4-8H2,1-3H3. The predicted molar refractivity (Wildman–Crippen MR) is 81.3 cm³/mol. The van der Waals surface area contributed by atoms with Crippen LogP contribution in [-0.2, 0) is 0 Å². The Kier molecular flexibility index (Phi) is 7.36. The highest BCUT2D eigenvalue weighted by atomic mass is 79.9. The zero-order valence-electron chi connectivity index (χ0n) is 11.6. The summed E-state index contributed by atoms with van der Waals surface area (Å²) in [7, 11) is 3.74. The molecule has 1 aromatic rings. The summed E-state index contributed by atoms with van der Waals surface area (Å²) < 4.78 is 6.45. The maximum absolute atomic E-state index is 5.30. The molecule has 0 heterocycles. The number of hydrogen-bond donors (Lipinski definition) is 1. The number of nitrogens with one attached hydrogen (secondary N) is 1. The Balaban J connectivity index is 2.68. The Labute approximate surface area is 119 Å². The number of ether oxygens (including phenoxy) is 1. The van der Waals surface area contributed by atoms with Crippen molar-refractivity contribution in [3.63, 3.8) is 0 Å². The van der Waals surface area contributed by atoms with Crippen LogP contribution in [0.4, 0.5) is 0 Å². The molecule has 0 aliphatic rings. The van der Waals surface area contributed by atoms with Gasteiger partial charge in [0.25, 0.3) is 0 Å². The van der Waals surface area contributed by atoms with Crippen LogP contribution in [0.3, 0.4) is 0 Å². The van der Waals surface area contributed by atoms with Gasteiger partial charge in [0.05, 0.1) is 7.11 Å². The fourth-order valence-corrected chi connectivity index (χ4v) is 2.67. The summed E-state index contributed by atoms with van der Waals surface area (Å²) in [6, 6.07) is 6.55. The van der Waals surface area contributed by atoms with E-state index in [0.717, 1.165) is 10.2 Å². The first-order valence-electron chi connectivity index (χ1n) is 6.73. The van der Waals surface area contributed by atoms with Gasteiger partial charge in [-0.2, -0.15) is 0 Å². The minimum absolute atomic E-state index is 0.395. The van der Waals surface area contributed by atoms with Crippen molar-refractivity contribution in [1.82, 2.24) is 5.32 Å². The first-order chi connectivity index (χ1) is 8.72. The van der Waals surface area contributed by atoms with Gasteiger partial charge in [-0.1, -0.05) is 48.5 Å². The van der Waals surface area contributed by atoms with Crippen molar-refractivity contribution < 1.29 is 4.74 Å². The molecule has 3 heteroatoms. The first kappa shape index (κ1) is 15.5. The molecule has 1 atom stereocenters. The van der Waals surface area contributed by atoms with Gasteiger partial charge in [-0.05, 0) is 37.2 Å². The van der Waals surface area contributed by atoms with Crippen molar-refractivity contribution in [3.8, 4) is 5.75 Å². The summed E-state index contributed by atoms with van der Waals surface area (Å²) in [5, 5.41) is 3.40. The summed E-state index contributed by atoms with van der Waals surface area (Å²) in [6.07, 6.45) is 6.37. The van der Waals surface area contributed by atoms with E-state index in [1.165, 1.54) is 37.7 Å². The van der Waals surface area contributed by atoms with Gasteiger partial charge in [0.15, 0.2) is 0 Å². The molecule has 0 amide bonds. The fraction of sp³-hybridized carbons (Fsp3) is 0.600. The molecular weight excluding hydrogens is 290 g/mol. The van der Waals surface area contributed by atoms with Gasteiger partial charge in [0.1, 0.15) is 5.75 Å². The van der Waals surface area contributed by atoms with Crippen LogP contribution in [0.1, 0.15) is 50.6 Å². The lowest BCUT2D eigenvalue weighted by Gasteiger charge is -2.19. The van der Waals surface area contributed by atoms with Crippen LogP contribution in [0.25, 0.3) is 0 Å². The maximum atomic E-state index is 5.30.